The Morgan fingerprint density at radius 1 is 0.978 bits per heavy atom. The van der Waals surface area contributed by atoms with Gasteiger partial charge in [-0.25, -0.2) is 4.39 Å². The molecule has 2 saturated carbocycles. The molecule has 3 unspecified atom stereocenters. The molecule has 0 amide bonds. The van der Waals surface area contributed by atoms with E-state index in [-0.39, 0.29) is 35.8 Å². The number of halogens is 7. The topological polar surface area (TPSA) is 43.7 Å². The van der Waals surface area contributed by atoms with Crippen molar-refractivity contribution in [3.05, 3.63) is 27.7 Å². The second-order valence-electron chi connectivity index (χ2n) is 15.1. The van der Waals surface area contributed by atoms with E-state index in [1.54, 1.807) is 6.07 Å². The molecule has 45 heavy (non-hydrogen) atoms. The van der Waals surface area contributed by atoms with Crippen LogP contribution in [0.5, 0.6) is 5.75 Å². The van der Waals surface area contributed by atoms with E-state index in [2.05, 4.69) is 27.8 Å². The highest BCUT2D eigenvalue weighted by molar-refractivity contribution is 9.10. The predicted molar refractivity (Wildman–Crippen MR) is 167 cm³/mol. The van der Waals surface area contributed by atoms with Crippen molar-refractivity contribution in [1.29, 1.82) is 0 Å². The average molecular weight is 711 g/mol. The average Bonchev–Trinajstić information content (AvgIpc) is 3.49. The molecule has 1 aromatic rings. The van der Waals surface area contributed by atoms with Gasteiger partial charge in [0.2, 0.25) is 0 Å². The summed E-state index contributed by atoms with van der Waals surface area (Å²) in [5.74, 6) is -3.98. The maximum absolute atomic E-state index is 16.2. The molecule has 3 nitrogen and oxygen atoms in total. The van der Waals surface area contributed by atoms with Crippen molar-refractivity contribution in [3.63, 3.8) is 0 Å². The number of aliphatic hydroxyl groups is 1. The molecule has 0 bridgehead atoms. The summed E-state index contributed by atoms with van der Waals surface area (Å²) in [6.07, 6.45) is 3.01. The molecule has 0 aromatic heterocycles. The lowest BCUT2D eigenvalue weighted by atomic mass is 9.50. The van der Waals surface area contributed by atoms with Gasteiger partial charge in [-0.2, -0.15) is 22.0 Å². The molecule has 3 fully saturated rings. The van der Waals surface area contributed by atoms with E-state index in [0.717, 1.165) is 82.0 Å². The fraction of sp³-hybridized carbons (Fsp3) is 0.829. The Kier molecular flexibility index (Phi) is 10.6. The SMILES string of the molecule is C[C@]12C[C@H](F)C3c4ccc(O)c(Br)c4CC(CCCCCN4CCC[C@H]4CCCCCC(F)(F)C(F)(F)F)[C@H]3C1CC[C@@]2(C)O. The zero-order valence-electron chi connectivity index (χ0n) is 26.6. The number of likely N-dealkylation sites (tertiary alicyclic amines) is 1. The van der Waals surface area contributed by atoms with Gasteiger partial charge in [0.05, 0.1) is 10.1 Å². The van der Waals surface area contributed by atoms with E-state index in [4.69, 9.17) is 0 Å². The first-order valence-electron chi connectivity index (χ1n) is 17.1. The van der Waals surface area contributed by atoms with Crippen molar-refractivity contribution in [2.75, 3.05) is 13.1 Å². The second kappa shape index (κ2) is 13.5. The van der Waals surface area contributed by atoms with Crippen LogP contribution in [-0.2, 0) is 6.42 Å². The van der Waals surface area contributed by atoms with Crippen molar-refractivity contribution >= 4 is 15.9 Å². The molecular formula is C35H50BrF6NO2. The molecule has 0 spiro atoms. The van der Waals surface area contributed by atoms with Crippen LogP contribution in [0.2, 0.25) is 0 Å². The van der Waals surface area contributed by atoms with Crippen LogP contribution >= 0.6 is 15.9 Å². The summed E-state index contributed by atoms with van der Waals surface area (Å²) in [6, 6.07) is 3.95. The number of rotatable bonds is 12. The second-order valence-corrected chi connectivity index (χ2v) is 15.9. The summed E-state index contributed by atoms with van der Waals surface area (Å²) in [5.41, 5.74) is 0.699. The van der Waals surface area contributed by atoms with E-state index in [1.807, 2.05) is 13.0 Å². The van der Waals surface area contributed by atoms with Crippen LogP contribution < -0.4 is 0 Å². The van der Waals surface area contributed by atoms with Crippen molar-refractivity contribution in [3.8, 4) is 5.75 Å². The van der Waals surface area contributed by atoms with Gasteiger partial charge in [0.1, 0.15) is 11.9 Å². The van der Waals surface area contributed by atoms with Gasteiger partial charge >= 0.3 is 12.1 Å². The zero-order valence-corrected chi connectivity index (χ0v) is 28.2. The number of aromatic hydroxyl groups is 1. The molecule has 1 heterocycles. The standard InChI is InChI=1S/C35H50BrF6NO2/c1-32-21-27(37)30-24-13-14-28(44)31(36)25(24)20-22(29(30)26(32)15-17-33(32,2)45)10-5-4-8-18-43-19-9-12-23(43)11-6-3-7-16-34(38,39)35(40,41)42/h13-14,22-23,26-27,29-30,44-45H,3-12,15-21H2,1-2H3/t22?,23-,26?,27+,29+,30?,32+,33-/m1/s1. The minimum absolute atomic E-state index is 0.121. The number of phenols is 1. The van der Waals surface area contributed by atoms with Crippen LogP contribution in [0.3, 0.4) is 0 Å². The predicted octanol–water partition coefficient (Wildman–Crippen LogP) is 10.1. The molecule has 1 saturated heterocycles. The van der Waals surface area contributed by atoms with Crippen LogP contribution in [0.15, 0.2) is 16.6 Å². The third kappa shape index (κ3) is 6.95. The summed E-state index contributed by atoms with van der Waals surface area (Å²) in [5, 5.41) is 21.8. The van der Waals surface area contributed by atoms with Crippen LogP contribution in [0.25, 0.3) is 0 Å². The van der Waals surface area contributed by atoms with E-state index in [1.165, 1.54) is 0 Å². The van der Waals surface area contributed by atoms with Gasteiger partial charge in [-0.1, -0.05) is 38.7 Å². The van der Waals surface area contributed by atoms with Crippen LogP contribution in [0.1, 0.15) is 121 Å². The fourth-order valence-electron chi connectivity index (χ4n) is 9.77. The summed E-state index contributed by atoms with van der Waals surface area (Å²) in [6.45, 7) is 5.93. The normalized spacial score (nSPS) is 35.3. The lowest BCUT2D eigenvalue weighted by Crippen LogP contribution is -2.55. The molecule has 5 rings (SSSR count). The first-order valence-corrected chi connectivity index (χ1v) is 17.9. The minimum Gasteiger partial charge on any atom is -0.507 e. The van der Waals surface area contributed by atoms with E-state index in [9.17, 15) is 32.2 Å². The number of hydrogen-bond donors (Lipinski definition) is 2. The molecule has 3 aliphatic carbocycles. The van der Waals surface area contributed by atoms with Crippen LogP contribution in [-0.4, -0.2) is 58.1 Å². The largest absolute Gasteiger partial charge is 0.507 e. The van der Waals surface area contributed by atoms with Crippen molar-refractivity contribution in [1.82, 2.24) is 4.90 Å². The van der Waals surface area contributed by atoms with Crippen molar-refractivity contribution in [2.45, 2.75) is 146 Å². The minimum atomic E-state index is -5.47. The van der Waals surface area contributed by atoms with Crippen molar-refractivity contribution in [2.24, 2.45) is 23.2 Å². The third-order valence-electron chi connectivity index (χ3n) is 12.5. The molecule has 2 N–H and O–H groups in total. The van der Waals surface area contributed by atoms with E-state index in [0.29, 0.717) is 36.2 Å². The lowest BCUT2D eigenvalue weighted by molar-refractivity contribution is -0.284. The van der Waals surface area contributed by atoms with Crippen LogP contribution in [0.4, 0.5) is 26.3 Å². The van der Waals surface area contributed by atoms with Gasteiger partial charge < -0.3 is 15.1 Å². The smallest absolute Gasteiger partial charge is 0.453 e. The van der Waals surface area contributed by atoms with Crippen LogP contribution in [0, 0.1) is 23.2 Å². The molecule has 10 heteroatoms. The first-order chi connectivity index (χ1) is 21.1. The number of nitrogens with zero attached hydrogens (tertiary/aromatic N) is 1. The Hall–Kier alpha value is -1.00. The maximum Gasteiger partial charge on any atom is 0.453 e. The lowest BCUT2D eigenvalue weighted by Gasteiger charge is -2.56. The molecule has 4 aliphatic rings. The van der Waals surface area contributed by atoms with Gasteiger partial charge in [0.25, 0.3) is 0 Å². The number of alkyl halides is 6. The first kappa shape index (κ1) is 35.3. The Labute approximate surface area is 272 Å². The number of phenolic OH excluding ortho intramolecular Hbond substituents is 1. The molecule has 1 aliphatic heterocycles. The molecule has 8 atom stereocenters. The molecular weight excluding hydrogens is 660 g/mol. The Balaban J connectivity index is 1.14. The van der Waals surface area contributed by atoms with Gasteiger partial charge in [-0.3, -0.25) is 0 Å². The Bertz CT molecular complexity index is 1180. The highest BCUT2D eigenvalue weighted by atomic mass is 79.9. The highest BCUT2D eigenvalue weighted by Gasteiger charge is 2.64. The summed E-state index contributed by atoms with van der Waals surface area (Å²) < 4.78 is 80.5. The summed E-state index contributed by atoms with van der Waals surface area (Å²) in [7, 11) is 0. The highest BCUT2D eigenvalue weighted by Crippen LogP contribution is 2.66. The van der Waals surface area contributed by atoms with Gasteiger partial charge in [-0.15, -0.1) is 0 Å². The Morgan fingerprint density at radius 2 is 1.69 bits per heavy atom. The van der Waals surface area contributed by atoms with Gasteiger partial charge in [0.15, 0.2) is 0 Å². The Morgan fingerprint density at radius 3 is 2.42 bits per heavy atom. The number of hydrogen-bond acceptors (Lipinski definition) is 3. The monoisotopic (exact) mass is 709 g/mol. The van der Waals surface area contributed by atoms with E-state index < -0.39 is 35.7 Å². The van der Waals surface area contributed by atoms with Crippen molar-refractivity contribution < 1.29 is 36.6 Å². The van der Waals surface area contributed by atoms with E-state index >= 15 is 4.39 Å². The van der Waals surface area contributed by atoms with Gasteiger partial charge in [0, 0.05) is 23.8 Å². The number of benzene rings is 1. The summed E-state index contributed by atoms with van der Waals surface area (Å²) >= 11 is 3.60. The number of unbranched alkanes of at least 4 members (excludes halogenated alkanes) is 4. The molecule has 256 valence electrons. The quantitative estimate of drug-likeness (QED) is 0.168. The fourth-order valence-corrected chi connectivity index (χ4v) is 10.3. The summed E-state index contributed by atoms with van der Waals surface area (Å²) in [4.78, 5) is 2.46. The maximum atomic E-state index is 16.2. The molecule has 1 aromatic carbocycles. The number of fused-ring (bicyclic) bond motifs is 5. The molecule has 0 radical (unpaired) electrons. The van der Waals surface area contributed by atoms with Gasteiger partial charge in [-0.05, 0) is 135 Å². The third-order valence-corrected chi connectivity index (χ3v) is 13.4. The zero-order chi connectivity index (χ0) is 32.8.